The van der Waals surface area contributed by atoms with Crippen molar-refractivity contribution in [1.82, 2.24) is 5.32 Å². The Kier molecular flexibility index (Phi) is 4.40. The highest BCUT2D eigenvalue weighted by Crippen LogP contribution is 2.37. The summed E-state index contributed by atoms with van der Waals surface area (Å²) >= 11 is 0. The minimum absolute atomic E-state index is 0.302. The number of aryl methyl sites for hydroxylation is 1. The van der Waals surface area contributed by atoms with Crippen LogP contribution in [0.25, 0.3) is 0 Å². The van der Waals surface area contributed by atoms with Crippen molar-refractivity contribution in [3.63, 3.8) is 0 Å². The minimum Gasteiger partial charge on any atom is -0.307 e. The molecule has 1 fully saturated rings. The molecule has 1 atom stereocenters. The molecule has 0 spiro atoms. The fourth-order valence-electron chi connectivity index (χ4n) is 3.26. The van der Waals surface area contributed by atoms with Crippen molar-refractivity contribution in [2.45, 2.75) is 45.1 Å². The molecule has 1 nitrogen and oxygen atoms in total. The van der Waals surface area contributed by atoms with Crippen LogP contribution in [0.5, 0.6) is 0 Å². The molecule has 3 rings (SSSR count). The predicted octanol–water partition coefficient (Wildman–Crippen LogP) is 4.96. The van der Waals surface area contributed by atoms with E-state index >= 15 is 0 Å². The van der Waals surface area contributed by atoms with Gasteiger partial charge < -0.3 is 5.32 Å². The Labute approximate surface area is 128 Å². The van der Waals surface area contributed by atoms with Gasteiger partial charge in [0.25, 0.3) is 0 Å². The Balaban J connectivity index is 1.95. The van der Waals surface area contributed by atoms with E-state index in [2.05, 4.69) is 67.7 Å². The second kappa shape index (κ2) is 6.44. The maximum Gasteiger partial charge on any atom is 0.0579 e. The lowest BCUT2D eigenvalue weighted by molar-refractivity contribution is 0.419. The Morgan fingerprint density at radius 1 is 1.10 bits per heavy atom. The zero-order chi connectivity index (χ0) is 14.7. The number of hydrogen-bond donors (Lipinski definition) is 1. The van der Waals surface area contributed by atoms with Crippen molar-refractivity contribution >= 4 is 0 Å². The largest absolute Gasteiger partial charge is 0.307 e. The second-order valence-electron chi connectivity index (χ2n) is 6.15. The van der Waals surface area contributed by atoms with E-state index in [-0.39, 0.29) is 0 Å². The molecular weight excluding hydrogens is 254 g/mol. The van der Waals surface area contributed by atoms with Gasteiger partial charge in [-0.2, -0.15) is 0 Å². The van der Waals surface area contributed by atoms with Gasteiger partial charge in [0, 0.05) is 0 Å². The summed E-state index contributed by atoms with van der Waals surface area (Å²) in [5.41, 5.74) is 5.67. The van der Waals surface area contributed by atoms with Gasteiger partial charge >= 0.3 is 0 Å². The van der Waals surface area contributed by atoms with Crippen molar-refractivity contribution < 1.29 is 0 Å². The SMILES string of the molecule is CCNC(c1cccc(C2CCC2)c1)c1ccccc1C. The average Bonchev–Trinajstić information content (AvgIpc) is 2.44. The van der Waals surface area contributed by atoms with Gasteiger partial charge in [-0.05, 0) is 54.5 Å². The van der Waals surface area contributed by atoms with Crippen LogP contribution in [0.15, 0.2) is 48.5 Å². The molecule has 0 amide bonds. The highest BCUT2D eigenvalue weighted by atomic mass is 14.9. The number of hydrogen-bond acceptors (Lipinski definition) is 1. The highest BCUT2D eigenvalue weighted by molar-refractivity contribution is 5.39. The fraction of sp³-hybridized carbons (Fsp3) is 0.400. The van der Waals surface area contributed by atoms with E-state index in [4.69, 9.17) is 0 Å². The predicted molar refractivity (Wildman–Crippen MR) is 89.7 cm³/mol. The third-order valence-electron chi connectivity index (χ3n) is 4.73. The van der Waals surface area contributed by atoms with Crippen molar-refractivity contribution in [3.8, 4) is 0 Å². The fourth-order valence-corrected chi connectivity index (χ4v) is 3.26. The van der Waals surface area contributed by atoms with Gasteiger partial charge in [-0.1, -0.05) is 61.9 Å². The van der Waals surface area contributed by atoms with Gasteiger partial charge in [0.2, 0.25) is 0 Å². The first-order chi connectivity index (χ1) is 10.3. The molecule has 1 heteroatoms. The van der Waals surface area contributed by atoms with Crippen LogP contribution in [0.1, 0.15) is 60.4 Å². The van der Waals surface area contributed by atoms with Crippen LogP contribution in [0.3, 0.4) is 0 Å². The van der Waals surface area contributed by atoms with Crippen LogP contribution in [-0.4, -0.2) is 6.54 Å². The topological polar surface area (TPSA) is 12.0 Å². The molecular formula is C20H25N. The molecule has 1 aliphatic rings. The lowest BCUT2D eigenvalue weighted by Gasteiger charge is -2.27. The standard InChI is InChI=1S/C20H25N/c1-3-21-20(19-13-5-4-8-15(19)2)18-12-7-11-17(14-18)16-9-6-10-16/h4-5,7-8,11-14,16,20-21H,3,6,9-10H2,1-2H3. The third-order valence-corrected chi connectivity index (χ3v) is 4.73. The quantitative estimate of drug-likeness (QED) is 0.815. The lowest BCUT2D eigenvalue weighted by Crippen LogP contribution is -2.23. The smallest absolute Gasteiger partial charge is 0.0579 e. The van der Waals surface area contributed by atoms with Gasteiger partial charge in [0.05, 0.1) is 6.04 Å². The molecule has 2 aromatic carbocycles. The Morgan fingerprint density at radius 3 is 2.57 bits per heavy atom. The van der Waals surface area contributed by atoms with E-state index in [1.54, 1.807) is 0 Å². The molecule has 1 N–H and O–H groups in total. The summed E-state index contributed by atoms with van der Waals surface area (Å²) in [5, 5.41) is 3.66. The summed E-state index contributed by atoms with van der Waals surface area (Å²) < 4.78 is 0. The second-order valence-corrected chi connectivity index (χ2v) is 6.15. The van der Waals surface area contributed by atoms with Gasteiger partial charge in [-0.15, -0.1) is 0 Å². The zero-order valence-electron chi connectivity index (χ0n) is 13.1. The summed E-state index contributed by atoms with van der Waals surface area (Å²) in [5.74, 6) is 0.795. The van der Waals surface area contributed by atoms with Gasteiger partial charge in [0.1, 0.15) is 0 Å². The van der Waals surface area contributed by atoms with Crippen LogP contribution < -0.4 is 5.32 Å². The third kappa shape index (κ3) is 3.03. The van der Waals surface area contributed by atoms with Crippen molar-refractivity contribution in [2.24, 2.45) is 0 Å². The first-order valence-corrected chi connectivity index (χ1v) is 8.18. The van der Waals surface area contributed by atoms with E-state index < -0.39 is 0 Å². The summed E-state index contributed by atoms with van der Waals surface area (Å²) in [7, 11) is 0. The van der Waals surface area contributed by atoms with Crippen molar-refractivity contribution in [1.29, 1.82) is 0 Å². The maximum absolute atomic E-state index is 3.66. The number of benzene rings is 2. The molecule has 0 bridgehead atoms. The zero-order valence-corrected chi connectivity index (χ0v) is 13.1. The molecule has 0 radical (unpaired) electrons. The molecule has 1 unspecified atom stereocenters. The van der Waals surface area contributed by atoms with Crippen LogP contribution in [0, 0.1) is 6.92 Å². The summed E-state index contributed by atoms with van der Waals surface area (Å²) in [6.07, 6.45) is 4.11. The molecule has 0 heterocycles. The van der Waals surface area contributed by atoms with E-state index in [1.807, 2.05) is 0 Å². The van der Waals surface area contributed by atoms with Gasteiger partial charge in [-0.3, -0.25) is 0 Å². The van der Waals surface area contributed by atoms with Crippen molar-refractivity contribution in [3.05, 3.63) is 70.8 Å². The van der Waals surface area contributed by atoms with Gasteiger partial charge in [0.15, 0.2) is 0 Å². The van der Waals surface area contributed by atoms with Crippen LogP contribution >= 0.6 is 0 Å². The highest BCUT2D eigenvalue weighted by Gasteiger charge is 2.21. The van der Waals surface area contributed by atoms with Gasteiger partial charge in [-0.25, -0.2) is 0 Å². The van der Waals surface area contributed by atoms with E-state index in [0.717, 1.165) is 12.5 Å². The molecule has 0 aliphatic heterocycles. The molecule has 110 valence electrons. The number of nitrogens with one attached hydrogen (secondary N) is 1. The first kappa shape index (κ1) is 14.3. The van der Waals surface area contributed by atoms with E-state index in [9.17, 15) is 0 Å². The molecule has 2 aromatic rings. The van der Waals surface area contributed by atoms with Crippen LogP contribution in [0.2, 0.25) is 0 Å². The molecule has 0 saturated heterocycles. The van der Waals surface area contributed by atoms with Crippen molar-refractivity contribution in [2.75, 3.05) is 6.54 Å². The minimum atomic E-state index is 0.302. The van der Waals surface area contributed by atoms with Crippen LogP contribution in [-0.2, 0) is 0 Å². The first-order valence-electron chi connectivity index (χ1n) is 8.18. The Hall–Kier alpha value is -1.60. The Morgan fingerprint density at radius 2 is 1.90 bits per heavy atom. The van der Waals surface area contributed by atoms with E-state index in [0.29, 0.717) is 6.04 Å². The summed E-state index contributed by atoms with van der Waals surface area (Å²) in [6, 6.07) is 18.2. The lowest BCUT2D eigenvalue weighted by atomic mass is 9.79. The normalized spacial score (nSPS) is 16.5. The molecule has 1 aliphatic carbocycles. The number of rotatable bonds is 5. The Bertz CT molecular complexity index is 598. The molecule has 21 heavy (non-hydrogen) atoms. The monoisotopic (exact) mass is 279 g/mol. The molecule has 1 saturated carbocycles. The average molecular weight is 279 g/mol. The maximum atomic E-state index is 3.66. The summed E-state index contributed by atoms with van der Waals surface area (Å²) in [6.45, 7) is 5.36. The summed E-state index contributed by atoms with van der Waals surface area (Å²) in [4.78, 5) is 0. The molecule has 0 aromatic heterocycles. The van der Waals surface area contributed by atoms with Crippen LogP contribution in [0.4, 0.5) is 0 Å². The van der Waals surface area contributed by atoms with E-state index in [1.165, 1.54) is 41.5 Å².